The highest BCUT2D eigenvalue weighted by Crippen LogP contribution is 2.33. The molecule has 0 saturated heterocycles. The Balaban J connectivity index is 1.41. The van der Waals surface area contributed by atoms with E-state index in [0.29, 0.717) is 16.0 Å². The van der Waals surface area contributed by atoms with Crippen LogP contribution in [0.25, 0.3) is 11.4 Å². The van der Waals surface area contributed by atoms with Gasteiger partial charge in [0.05, 0.1) is 16.5 Å². The van der Waals surface area contributed by atoms with E-state index in [1.807, 2.05) is 90.5 Å². The van der Waals surface area contributed by atoms with Gasteiger partial charge in [-0.15, -0.1) is 10.2 Å². The first-order valence-electron chi connectivity index (χ1n) is 9.50. The molecule has 5 nitrogen and oxygen atoms in total. The molecule has 156 valence electrons. The number of carbonyl (C=O) groups excluding carboxylic acids is 1. The molecule has 3 aromatic carbocycles. The minimum absolute atomic E-state index is 0.103. The number of thioether (sulfide) groups is 1. The van der Waals surface area contributed by atoms with Gasteiger partial charge in [-0.25, -0.2) is 0 Å². The van der Waals surface area contributed by atoms with Crippen molar-refractivity contribution >= 4 is 46.7 Å². The number of hydrogen-bond donors (Lipinski definition) is 1. The number of benzene rings is 3. The summed E-state index contributed by atoms with van der Waals surface area (Å²) in [5.74, 6) is 0.783. The summed E-state index contributed by atoms with van der Waals surface area (Å²) in [4.78, 5) is 14.7. The van der Waals surface area contributed by atoms with Gasteiger partial charge in [0.2, 0.25) is 5.91 Å². The number of nitrogens with one attached hydrogen (secondary N) is 1. The van der Waals surface area contributed by atoms with E-state index in [9.17, 15) is 4.79 Å². The fraction of sp³-hybridized carbons (Fsp3) is 0.0870. The van der Waals surface area contributed by atoms with E-state index in [4.69, 9.17) is 11.6 Å². The average Bonchev–Trinajstić information content (AvgIpc) is 3.15. The fourth-order valence-electron chi connectivity index (χ4n) is 2.91. The van der Waals surface area contributed by atoms with Crippen LogP contribution in [0.15, 0.2) is 93.8 Å². The van der Waals surface area contributed by atoms with E-state index in [0.717, 1.165) is 21.0 Å². The molecule has 0 saturated carbocycles. The molecule has 0 aliphatic rings. The van der Waals surface area contributed by atoms with E-state index < -0.39 is 0 Å². The SMILES string of the molecule is Cn1c(SCC(=O)Nc2ccccc2Sc2ccccc2)nnc1-c1ccccc1Cl. The van der Waals surface area contributed by atoms with Crippen molar-refractivity contribution in [2.45, 2.75) is 14.9 Å². The molecule has 0 bridgehead atoms. The Bertz CT molecular complexity index is 1200. The molecule has 0 unspecified atom stereocenters. The van der Waals surface area contributed by atoms with E-state index in [-0.39, 0.29) is 11.7 Å². The molecular formula is C23H19ClN4OS2. The summed E-state index contributed by atoms with van der Waals surface area (Å²) in [5.41, 5.74) is 1.60. The maximum absolute atomic E-state index is 12.6. The molecule has 1 amide bonds. The summed E-state index contributed by atoms with van der Waals surface area (Å²) in [6, 6.07) is 25.3. The van der Waals surface area contributed by atoms with Crippen molar-refractivity contribution in [3.05, 3.63) is 83.9 Å². The number of halogens is 1. The molecule has 4 rings (SSSR count). The molecule has 1 heterocycles. The fourth-order valence-corrected chi connectivity index (χ4v) is 4.76. The molecule has 0 aliphatic carbocycles. The molecule has 0 fully saturated rings. The number of aromatic nitrogens is 3. The zero-order chi connectivity index (χ0) is 21.6. The lowest BCUT2D eigenvalue weighted by Crippen LogP contribution is -2.15. The second-order valence-corrected chi connectivity index (χ2v) is 9.06. The largest absolute Gasteiger partial charge is 0.324 e. The van der Waals surface area contributed by atoms with Crippen molar-refractivity contribution in [1.82, 2.24) is 14.8 Å². The van der Waals surface area contributed by atoms with Crippen molar-refractivity contribution in [3.8, 4) is 11.4 Å². The summed E-state index contributed by atoms with van der Waals surface area (Å²) >= 11 is 9.22. The van der Waals surface area contributed by atoms with Crippen LogP contribution in [-0.4, -0.2) is 26.4 Å². The third-order valence-corrected chi connectivity index (χ3v) is 6.85. The van der Waals surface area contributed by atoms with Crippen LogP contribution in [-0.2, 0) is 11.8 Å². The van der Waals surface area contributed by atoms with Crippen LogP contribution >= 0.6 is 35.1 Å². The molecule has 0 spiro atoms. The summed E-state index contributed by atoms with van der Waals surface area (Å²) in [6.45, 7) is 0. The van der Waals surface area contributed by atoms with Gasteiger partial charge in [0.1, 0.15) is 0 Å². The smallest absolute Gasteiger partial charge is 0.234 e. The quantitative estimate of drug-likeness (QED) is 0.337. The van der Waals surface area contributed by atoms with Gasteiger partial charge in [-0.3, -0.25) is 4.79 Å². The Morgan fingerprint density at radius 1 is 0.968 bits per heavy atom. The van der Waals surface area contributed by atoms with E-state index in [2.05, 4.69) is 15.5 Å². The monoisotopic (exact) mass is 466 g/mol. The number of anilines is 1. The highest BCUT2D eigenvalue weighted by atomic mass is 35.5. The Morgan fingerprint density at radius 3 is 2.48 bits per heavy atom. The van der Waals surface area contributed by atoms with Crippen LogP contribution < -0.4 is 5.32 Å². The summed E-state index contributed by atoms with van der Waals surface area (Å²) in [5, 5.41) is 12.7. The van der Waals surface area contributed by atoms with Gasteiger partial charge in [-0.2, -0.15) is 0 Å². The molecule has 0 aliphatic heterocycles. The van der Waals surface area contributed by atoms with Crippen LogP contribution in [0.2, 0.25) is 5.02 Å². The molecule has 1 aromatic heterocycles. The van der Waals surface area contributed by atoms with E-state index >= 15 is 0 Å². The molecular weight excluding hydrogens is 448 g/mol. The van der Waals surface area contributed by atoms with Crippen LogP contribution in [0, 0.1) is 0 Å². The maximum Gasteiger partial charge on any atom is 0.234 e. The average molecular weight is 467 g/mol. The summed E-state index contributed by atoms with van der Waals surface area (Å²) in [7, 11) is 1.87. The predicted octanol–water partition coefficient (Wildman–Crippen LogP) is 6.02. The lowest BCUT2D eigenvalue weighted by molar-refractivity contribution is -0.113. The lowest BCUT2D eigenvalue weighted by Gasteiger charge is -2.10. The molecule has 31 heavy (non-hydrogen) atoms. The Kier molecular flexibility index (Phi) is 6.96. The number of para-hydroxylation sites is 1. The van der Waals surface area contributed by atoms with Crippen LogP contribution in [0.3, 0.4) is 0 Å². The van der Waals surface area contributed by atoms with Crippen LogP contribution in [0.1, 0.15) is 0 Å². The Labute approximate surface area is 194 Å². The Hall–Kier alpha value is -2.74. The van der Waals surface area contributed by atoms with Gasteiger partial charge in [-0.05, 0) is 36.4 Å². The maximum atomic E-state index is 12.6. The van der Waals surface area contributed by atoms with Crippen molar-refractivity contribution in [2.24, 2.45) is 7.05 Å². The number of amides is 1. The number of hydrogen-bond acceptors (Lipinski definition) is 5. The predicted molar refractivity (Wildman–Crippen MR) is 128 cm³/mol. The van der Waals surface area contributed by atoms with Crippen molar-refractivity contribution < 1.29 is 4.79 Å². The van der Waals surface area contributed by atoms with Gasteiger partial charge >= 0.3 is 0 Å². The van der Waals surface area contributed by atoms with Crippen molar-refractivity contribution in [1.29, 1.82) is 0 Å². The third kappa shape index (κ3) is 5.31. The zero-order valence-corrected chi connectivity index (χ0v) is 19.0. The van der Waals surface area contributed by atoms with Crippen LogP contribution in [0.5, 0.6) is 0 Å². The highest BCUT2D eigenvalue weighted by molar-refractivity contribution is 8.00. The normalized spacial score (nSPS) is 10.8. The van der Waals surface area contributed by atoms with E-state index in [1.165, 1.54) is 11.8 Å². The molecule has 4 aromatic rings. The first-order valence-corrected chi connectivity index (χ1v) is 11.7. The molecule has 1 N–H and O–H groups in total. The second-order valence-electron chi connectivity index (χ2n) is 6.59. The van der Waals surface area contributed by atoms with Crippen LogP contribution in [0.4, 0.5) is 5.69 Å². The minimum Gasteiger partial charge on any atom is -0.324 e. The first-order chi connectivity index (χ1) is 15.1. The number of rotatable bonds is 7. The van der Waals surface area contributed by atoms with Crippen molar-refractivity contribution in [2.75, 3.05) is 11.1 Å². The molecule has 0 radical (unpaired) electrons. The van der Waals surface area contributed by atoms with Gasteiger partial charge in [0, 0.05) is 22.4 Å². The highest BCUT2D eigenvalue weighted by Gasteiger charge is 2.15. The zero-order valence-electron chi connectivity index (χ0n) is 16.7. The Morgan fingerprint density at radius 2 is 1.68 bits per heavy atom. The van der Waals surface area contributed by atoms with Gasteiger partial charge in [0.25, 0.3) is 0 Å². The molecule has 8 heteroatoms. The standard InChI is InChI=1S/C23H19ClN4OS2/c1-28-22(17-11-5-6-12-18(17)24)26-27-23(28)30-15-21(29)25-19-13-7-8-14-20(19)31-16-9-3-2-4-10-16/h2-14H,15H2,1H3,(H,25,29). The number of nitrogens with zero attached hydrogens (tertiary/aromatic N) is 3. The second kappa shape index (κ2) is 10.0. The van der Waals surface area contributed by atoms with Gasteiger partial charge < -0.3 is 9.88 Å². The summed E-state index contributed by atoms with van der Waals surface area (Å²) in [6.07, 6.45) is 0. The summed E-state index contributed by atoms with van der Waals surface area (Å²) < 4.78 is 1.85. The molecule has 0 atom stereocenters. The minimum atomic E-state index is -0.103. The first kappa shape index (κ1) is 21.5. The third-order valence-electron chi connectivity index (χ3n) is 4.41. The van der Waals surface area contributed by atoms with E-state index in [1.54, 1.807) is 11.8 Å². The number of carbonyl (C=O) groups is 1. The topological polar surface area (TPSA) is 59.8 Å². The van der Waals surface area contributed by atoms with Gasteiger partial charge in [-0.1, -0.05) is 77.6 Å². The lowest BCUT2D eigenvalue weighted by atomic mass is 10.2. The van der Waals surface area contributed by atoms with Crippen molar-refractivity contribution in [3.63, 3.8) is 0 Å². The van der Waals surface area contributed by atoms with Gasteiger partial charge in [0.15, 0.2) is 11.0 Å².